The largest absolute Gasteiger partial charge is 0.290 e. The molecule has 5 heteroatoms. The second-order valence-electron chi connectivity index (χ2n) is 2.90. The summed E-state index contributed by atoms with van der Waals surface area (Å²) in [4.78, 5) is 22.5. The maximum atomic E-state index is 11.2. The van der Waals surface area contributed by atoms with E-state index in [9.17, 15) is 9.59 Å². The first-order valence-corrected chi connectivity index (χ1v) is 5.76. The zero-order valence-corrected chi connectivity index (χ0v) is 9.89. The molecule has 76 valence electrons. The average Bonchev–Trinajstić information content (AvgIpc) is 2.49. The fourth-order valence-corrected chi connectivity index (χ4v) is 2.08. The molecule has 0 spiro atoms. The molecule has 2 amide bonds. The van der Waals surface area contributed by atoms with Crippen LogP contribution in [0.4, 0.5) is 4.79 Å². The Hall–Kier alpha value is -1.07. The topological polar surface area (TPSA) is 46.2 Å². The Morgan fingerprint density at radius 3 is 2.40 bits per heavy atom. The van der Waals surface area contributed by atoms with Crippen molar-refractivity contribution in [3.63, 3.8) is 0 Å². The highest BCUT2D eigenvalue weighted by atomic mass is 79.9. The first-order chi connectivity index (χ1) is 7.15. The molecule has 0 bridgehead atoms. The molecule has 0 aliphatic carbocycles. The molecule has 0 aromatic heterocycles. The Bertz CT molecular complexity index is 453. The minimum atomic E-state index is -0.326. The highest BCUT2D eigenvalue weighted by molar-refractivity contribution is 9.10. The molecule has 1 N–H and O–H groups in total. The first kappa shape index (κ1) is 10.4. The maximum absolute atomic E-state index is 11.2. The fraction of sp³-hybridized carbons (Fsp3) is 0. The first-order valence-electron chi connectivity index (χ1n) is 4.15. The van der Waals surface area contributed by atoms with Crippen LogP contribution < -0.4 is 5.32 Å². The SMILES string of the molecule is O=C1NC(=O)/C(=C\c2ccc(Br)cc2)S1. The smallest absolute Gasteiger partial charge is 0.282 e. The molecular weight excluding hydrogens is 278 g/mol. The van der Waals surface area contributed by atoms with Crippen molar-refractivity contribution in [3.05, 3.63) is 39.2 Å². The molecule has 0 atom stereocenters. The number of carbonyl (C=O) groups excluding carboxylic acids is 2. The van der Waals surface area contributed by atoms with Gasteiger partial charge in [0.25, 0.3) is 11.1 Å². The summed E-state index contributed by atoms with van der Waals surface area (Å²) in [6.07, 6.45) is 1.69. The average molecular weight is 284 g/mol. The van der Waals surface area contributed by atoms with E-state index in [-0.39, 0.29) is 11.1 Å². The molecule has 1 aromatic rings. The van der Waals surface area contributed by atoms with Crippen molar-refractivity contribution < 1.29 is 9.59 Å². The van der Waals surface area contributed by atoms with Crippen molar-refractivity contribution >= 4 is 44.9 Å². The minimum absolute atomic E-state index is 0.316. The Morgan fingerprint density at radius 2 is 1.87 bits per heavy atom. The highest BCUT2D eigenvalue weighted by Crippen LogP contribution is 2.25. The highest BCUT2D eigenvalue weighted by Gasteiger charge is 2.24. The van der Waals surface area contributed by atoms with Crippen LogP contribution in [0.25, 0.3) is 6.08 Å². The molecule has 0 unspecified atom stereocenters. The van der Waals surface area contributed by atoms with E-state index in [4.69, 9.17) is 0 Å². The fourth-order valence-electron chi connectivity index (χ4n) is 1.13. The molecule has 0 saturated carbocycles. The summed E-state index contributed by atoms with van der Waals surface area (Å²) in [5.74, 6) is -0.326. The number of hydrogen-bond acceptors (Lipinski definition) is 3. The second kappa shape index (κ2) is 4.20. The van der Waals surface area contributed by atoms with Crippen LogP contribution in [0.5, 0.6) is 0 Å². The van der Waals surface area contributed by atoms with Crippen LogP contribution in [-0.4, -0.2) is 11.1 Å². The molecule has 1 aromatic carbocycles. The van der Waals surface area contributed by atoms with Gasteiger partial charge in [-0.05, 0) is 35.5 Å². The predicted octanol–water partition coefficient (Wildman–Crippen LogP) is 2.77. The lowest BCUT2D eigenvalue weighted by Crippen LogP contribution is -2.17. The zero-order chi connectivity index (χ0) is 10.8. The summed E-state index contributed by atoms with van der Waals surface area (Å²) in [6.45, 7) is 0. The van der Waals surface area contributed by atoms with E-state index in [1.165, 1.54) is 0 Å². The number of nitrogens with one attached hydrogen (secondary N) is 1. The lowest BCUT2D eigenvalue weighted by atomic mass is 10.2. The van der Waals surface area contributed by atoms with Gasteiger partial charge in [-0.1, -0.05) is 28.1 Å². The van der Waals surface area contributed by atoms with Crippen molar-refractivity contribution in [2.45, 2.75) is 0 Å². The van der Waals surface area contributed by atoms with Crippen LogP contribution in [-0.2, 0) is 4.79 Å². The number of hydrogen-bond donors (Lipinski definition) is 1. The third-order valence-electron chi connectivity index (χ3n) is 1.81. The van der Waals surface area contributed by atoms with Crippen molar-refractivity contribution in [2.24, 2.45) is 0 Å². The van der Waals surface area contributed by atoms with Crippen molar-refractivity contribution in [1.29, 1.82) is 0 Å². The predicted molar refractivity (Wildman–Crippen MR) is 63.2 cm³/mol. The number of carbonyl (C=O) groups is 2. The van der Waals surface area contributed by atoms with Gasteiger partial charge < -0.3 is 0 Å². The van der Waals surface area contributed by atoms with Gasteiger partial charge in [0.2, 0.25) is 0 Å². The van der Waals surface area contributed by atoms with E-state index in [2.05, 4.69) is 21.2 Å². The van der Waals surface area contributed by atoms with Crippen LogP contribution in [0.3, 0.4) is 0 Å². The van der Waals surface area contributed by atoms with Crippen LogP contribution in [0.15, 0.2) is 33.6 Å². The number of benzene rings is 1. The molecule has 3 nitrogen and oxygen atoms in total. The standard InChI is InChI=1S/C10H6BrNO2S/c11-7-3-1-6(2-4-7)5-8-9(13)12-10(14)15-8/h1-5H,(H,12,13,14)/b8-5+. The number of rotatable bonds is 1. The normalized spacial score (nSPS) is 18.3. The van der Waals surface area contributed by atoms with Gasteiger partial charge in [-0.15, -0.1) is 0 Å². The Kier molecular flexibility index (Phi) is 2.93. The summed E-state index contributed by atoms with van der Waals surface area (Å²) in [5.41, 5.74) is 0.894. The van der Waals surface area contributed by atoms with Crippen molar-refractivity contribution in [3.8, 4) is 0 Å². The molecule has 0 radical (unpaired) electrons. The van der Waals surface area contributed by atoms with E-state index in [1.807, 2.05) is 24.3 Å². The van der Waals surface area contributed by atoms with E-state index in [0.29, 0.717) is 4.91 Å². The van der Waals surface area contributed by atoms with Crippen LogP contribution >= 0.6 is 27.7 Å². The second-order valence-corrected chi connectivity index (χ2v) is 4.83. The van der Waals surface area contributed by atoms with Gasteiger partial charge in [-0.3, -0.25) is 14.9 Å². The van der Waals surface area contributed by atoms with Gasteiger partial charge in [0.1, 0.15) is 0 Å². The molecule has 1 aliphatic heterocycles. The summed E-state index contributed by atoms with van der Waals surface area (Å²) < 4.78 is 0.976. The molecule has 15 heavy (non-hydrogen) atoms. The molecule has 1 heterocycles. The summed E-state index contributed by atoms with van der Waals surface area (Å²) in [7, 11) is 0. The van der Waals surface area contributed by atoms with Gasteiger partial charge in [0, 0.05) is 4.47 Å². The van der Waals surface area contributed by atoms with Gasteiger partial charge in [-0.25, -0.2) is 0 Å². The van der Waals surface area contributed by atoms with Gasteiger partial charge in [0.05, 0.1) is 4.91 Å². The van der Waals surface area contributed by atoms with E-state index < -0.39 is 0 Å². The molecular formula is C10H6BrNO2S. The number of amides is 2. The molecule has 2 rings (SSSR count). The van der Waals surface area contributed by atoms with Crippen molar-refractivity contribution in [1.82, 2.24) is 5.32 Å². The monoisotopic (exact) mass is 283 g/mol. The van der Waals surface area contributed by atoms with Crippen LogP contribution in [0, 0.1) is 0 Å². The van der Waals surface area contributed by atoms with Crippen LogP contribution in [0.2, 0.25) is 0 Å². The minimum Gasteiger partial charge on any atom is -0.282 e. The summed E-state index contributed by atoms with van der Waals surface area (Å²) in [5, 5.41) is 1.89. The Morgan fingerprint density at radius 1 is 1.20 bits per heavy atom. The Labute approximate surface area is 99.1 Å². The van der Waals surface area contributed by atoms with Crippen molar-refractivity contribution in [2.75, 3.05) is 0 Å². The maximum Gasteiger partial charge on any atom is 0.290 e. The lowest BCUT2D eigenvalue weighted by Gasteiger charge is -1.94. The summed E-state index contributed by atoms with van der Waals surface area (Å²) >= 11 is 4.24. The summed E-state index contributed by atoms with van der Waals surface area (Å²) in [6, 6.07) is 7.50. The van der Waals surface area contributed by atoms with Gasteiger partial charge in [0.15, 0.2) is 0 Å². The molecule has 1 fully saturated rings. The van der Waals surface area contributed by atoms with E-state index >= 15 is 0 Å². The van der Waals surface area contributed by atoms with E-state index in [0.717, 1.165) is 21.8 Å². The lowest BCUT2D eigenvalue weighted by molar-refractivity contribution is -0.115. The quantitative estimate of drug-likeness (QED) is 0.807. The molecule has 1 aliphatic rings. The van der Waals surface area contributed by atoms with Gasteiger partial charge in [-0.2, -0.15) is 0 Å². The van der Waals surface area contributed by atoms with Gasteiger partial charge >= 0.3 is 0 Å². The third-order valence-corrected chi connectivity index (χ3v) is 3.15. The molecule has 1 saturated heterocycles. The zero-order valence-electron chi connectivity index (χ0n) is 7.49. The number of thioether (sulfide) groups is 1. The van der Waals surface area contributed by atoms with E-state index in [1.54, 1.807) is 6.08 Å². The number of halogens is 1. The van der Waals surface area contributed by atoms with Crippen LogP contribution in [0.1, 0.15) is 5.56 Å². The number of imide groups is 1. The third kappa shape index (κ3) is 2.49. The Balaban J connectivity index is 2.27.